The largest absolute Gasteiger partial charge is 0.444 e. The number of benzene rings is 1. The maximum absolute atomic E-state index is 13.1. The van der Waals surface area contributed by atoms with Gasteiger partial charge in [0.05, 0.1) is 23.7 Å². The first-order valence-corrected chi connectivity index (χ1v) is 11.4. The van der Waals surface area contributed by atoms with E-state index in [4.69, 9.17) is 4.74 Å². The fraction of sp³-hybridized carbons (Fsp3) is 0.542. The molecule has 1 fully saturated rings. The number of alkyl carbamates (subject to hydrolysis) is 1. The highest BCUT2D eigenvalue weighted by atomic mass is 19.4. The van der Waals surface area contributed by atoms with Crippen molar-refractivity contribution in [1.82, 2.24) is 16.0 Å². The van der Waals surface area contributed by atoms with Crippen LogP contribution < -0.4 is 21.3 Å². The number of carbonyl (C=O) groups is 3. The number of hydrogen-bond donors (Lipinski definition) is 4. The summed E-state index contributed by atoms with van der Waals surface area (Å²) in [5, 5.41) is 10.8. The molecule has 1 aliphatic carbocycles. The van der Waals surface area contributed by atoms with Crippen LogP contribution in [0.5, 0.6) is 0 Å². The zero-order valence-electron chi connectivity index (χ0n) is 20.2. The zero-order valence-corrected chi connectivity index (χ0v) is 20.2. The van der Waals surface area contributed by atoms with E-state index in [9.17, 15) is 27.6 Å². The summed E-state index contributed by atoms with van der Waals surface area (Å²) in [6.45, 7) is 8.57. The molecule has 2 atom stereocenters. The van der Waals surface area contributed by atoms with Crippen LogP contribution in [0.15, 0.2) is 30.9 Å². The van der Waals surface area contributed by atoms with Gasteiger partial charge in [0.2, 0.25) is 5.91 Å². The first kappa shape index (κ1) is 28.0. The fourth-order valence-electron chi connectivity index (χ4n) is 3.69. The second-order valence-corrected chi connectivity index (χ2v) is 9.32. The number of halogens is 3. The highest BCUT2D eigenvalue weighted by Crippen LogP contribution is 2.32. The number of rotatable bonds is 8. The van der Waals surface area contributed by atoms with Crippen molar-refractivity contribution >= 4 is 23.6 Å². The van der Waals surface area contributed by atoms with E-state index in [1.54, 1.807) is 20.8 Å². The number of amides is 3. The van der Waals surface area contributed by atoms with E-state index in [1.165, 1.54) is 6.08 Å². The molecular formula is C24H33F3N4O4. The lowest BCUT2D eigenvalue weighted by Gasteiger charge is -2.33. The van der Waals surface area contributed by atoms with Crippen LogP contribution in [0.25, 0.3) is 0 Å². The molecule has 2 rings (SSSR count). The molecule has 0 radical (unpaired) electrons. The van der Waals surface area contributed by atoms with Gasteiger partial charge in [-0.1, -0.05) is 18.9 Å². The van der Waals surface area contributed by atoms with Crippen LogP contribution in [0.3, 0.4) is 0 Å². The molecule has 1 saturated carbocycles. The summed E-state index contributed by atoms with van der Waals surface area (Å²) in [7, 11) is 0. The van der Waals surface area contributed by atoms with E-state index in [-0.39, 0.29) is 29.9 Å². The summed E-state index contributed by atoms with van der Waals surface area (Å²) in [4.78, 5) is 37.3. The number of anilines is 1. The van der Waals surface area contributed by atoms with Gasteiger partial charge in [-0.3, -0.25) is 9.59 Å². The van der Waals surface area contributed by atoms with Gasteiger partial charge in [-0.05, 0) is 51.8 Å². The molecule has 0 spiro atoms. The minimum Gasteiger partial charge on any atom is -0.444 e. The molecular weight excluding hydrogens is 465 g/mol. The van der Waals surface area contributed by atoms with Gasteiger partial charge in [-0.15, -0.1) is 6.58 Å². The van der Waals surface area contributed by atoms with Crippen molar-refractivity contribution < 1.29 is 32.3 Å². The topological polar surface area (TPSA) is 109 Å². The molecule has 0 bridgehead atoms. The first-order chi connectivity index (χ1) is 16.3. The Bertz CT molecular complexity index is 928. The standard InChI is InChI=1S/C24H33F3N4O4/c1-5-12-28-17-11-10-15(24(25,26)27)13-16(17)21(33)29-14-20(32)30-18-8-6-7-9-19(18)31-22(34)35-23(2,3)4/h5,10-11,13,18-19,28H,1,6-9,12,14H2,2-4H3,(H,29,33)(H,30,32)(H,31,34). The summed E-state index contributed by atoms with van der Waals surface area (Å²) >= 11 is 0. The molecule has 194 valence electrons. The lowest BCUT2D eigenvalue weighted by atomic mass is 9.90. The highest BCUT2D eigenvalue weighted by Gasteiger charge is 2.32. The number of nitrogens with one attached hydrogen (secondary N) is 4. The molecule has 0 saturated heterocycles. The van der Waals surface area contributed by atoms with Crippen molar-refractivity contribution in [2.75, 3.05) is 18.4 Å². The molecule has 0 aromatic heterocycles. The van der Waals surface area contributed by atoms with E-state index in [2.05, 4.69) is 27.8 Å². The SMILES string of the molecule is C=CCNc1ccc(C(F)(F)F)cc1C(=O)NCC(=O)NC1CCCCC1NC(=O)OC(C)(C)C. The third-order valence-electron chi connectivity index (χ3n) is 5.25. The molecule has 2 unspecified atom stereocenters. The molecule has 11 heteroatoms. The van der Waals surface area contributed by atoms with Gasteiger partial charge in [-0.2, -0.15) is 13.2 Å². The van der Waals surface area contributed by atoms with E-state index < -0.39 is 41.8 Å². The second-order valence-electron chi connectivity index (χ2n) is 9.32. The zero-order chi connectivity index (χ0) is 26.2. The number of carbonyl (C=O) groups excluding carboxylic acids is 3. The summed E-state index contributed by atoms with van der Waals surface area (Å²) in [6.07, 6.45) is -0.700. The van der Waals surface area contributed by atoms with Crippen molar-refractivity contribution in [3.05, 3.63) is 42.0 Å². The van der Waals surface area contributed by atoms with Gasteiger partial charge in [0.1, 0.15) is 5.60 Å². The van der Waals surface area contributed by atoms with Crippen LogP contribution in [0.2, 0.25) is 0 Å². The molecule has 0 aliphatic heterocycles. The van der Waals surface area contributed by atoms with Crippen LogP contribution >= 0.6 is 0 Å². The third kappa shape index (κ3) is 9.14. The second kappa shape index (κ2) is 11.9. The van der Waals surface area contributed by atoms with Crippen molar-refractivity contribution in [3.8, 4) is 0 Å². The van der Waals surface area contributed by atoms with E-state index in [1.807, 2.05) is 0 Å². The molecule has 4 N–H and O–H groups in total. The summed E-state index contributed by atoms with van der Waals surface area (Å²) in [6, 6.07) is 2.07. The molecule has 1 aromatic rings. The Morgan fingerprint density at radius 2 is 1.71 bits per heavy atom. The maximum Gasteiger partial charge on any atom is 0.416 e. The van der Waals surface area contributed by atoms with Crippen LogP contribution in [0, 0.1) is 0 Å². The summed E-state index contributed by atoms with van der Waals surface area (Å²) in [5.41, 5.74) is -1.69. The Labute approximate surface area is 203 Å². The average Bonchev–Trinajstić information content (AvgIpc) is 2.75. The fourth-order valence-corrected chi connectivity index (χ4v) is 3.69. The van der Waals surface area contributed by atoms with Gasteiger partial charge < -0.3 is 26.0 Å². The first-order valence-electron chi connectivity index (χ1n) is 11.4. The Morgan fingerprint density at radius 3 is 2.29 bits per heavy atom. The van der Waals surface area contributed by atoms with Crippen molar-refractivity contribution in [1.29, 1.82) is 0 Å². The van der Waals surface area contributed by atoms with Gasteiger partial charge >= 0.3 is 12.3 Å². The highest BCUT2D eigenvalue weighted by molar-refractivity contribution is 6.01. The van der Waals surface area contributed by atoms with Crippen LogP contribution in [0.1, 0.15) is 62.4 Å². The molecule has 1 aliphatic rings. The van der Waals surface area contributed by atoms with Crippen LogP contribution in [-0.2, 0) is 15.7 Å². The van der Waals surface area contributed by atoms with Crippen molar-refractivity contribution in [3.63, 3.8) is 0 Å². The molecule has 1 aromatic carbocycles. The number of ether oxygens (including phenoxy) is 1. The Kier molecular flexibility index (Phi) is 9.55. The van der Waals surface area contributed by atoms with Gasteiger partial charge in [-0.25, -0.2) is 4.79 Å². The van der Waals surface area contributed by atoms with Crippen LogP contribution in [0.4, 0.5) is 23.7 Å². The van der Waals surface area contributed by atoms with E-state index >= 15 is 0 Å². The maximum atomic E-state index is 13.1. The molecule has 8 nitrogen and oxygen atoms in total. The van der Waals surface area contributed by atoms with Gasteiger partial charge in [0.15, 0.2) is 0 Å². The summed E-state index contributed by atoms with van der Waals surface area (Å²) < 4.78 is 44.7. The molecule has 0 heterocycles. The Hall–Kier alpha value is -3.24. The normalized spacial score (nSPS) is 18.2. The molecule has 35 heavy (non-hydrogen) atoms. The quantitative estimate of drug-likeness (QED) is 0.406. The molecule has 3 amide bonds. The van der Waals surface area contributed by atoms with Crippen molar-refractivity contribution in [2.24, 2.45) is 0 Å². The van der Waals surface area contributed by atoms with Gasteiger partial charge in [0, 0.05) is 18.3 Å². The van der Waals surface area contributed by atoms with Gasteiger partial charge in [0.25, 0.3) is 5.91 Å². The minimum absolute atomic E-state index is 0.185. The third-order valence-corrected chi connectivity index (χ3v) is 5.25. The number of alkyl halides is 3. The minimum atomic E-state index is -4.62. The van der Waals surface area contributed by atoms with E-state index in [0.29, 0.717) is 12.8 Å². The Balaban J connectivity index is 2.01. The van der Waals surface area contributed by atoms with Crippen LogP contribution in [-0.4, -0.2) is 48.7 Å². The predicted octanol–water partition coefficient (Wildman–Crippen LogP) is 3.99. The Morgan fingerprint density at radius 1 is 1.09 bits per heavy atom. The number of hydrogen-bond acceptors (Lipinski definition) is 5. The smallest absolute Gasteiger partial charge is 0.416 e. The predicted molar refractivity (Wildman–Crippen MR) is 126 cm³/mol. The monoisotopic (exact) mass is 498 g/mol. The lowest BCUT2D eigenvalue weighted by Crippen LogP contribution is -2.55. The van der Waals surface area contributed by atoms with Crippen molar-refractivity contribution in [2.45, 2.75) is 70.3 Å². The van der Waals surface area contributed by atoms with E-state index in [0.717, 1.165) is 31.0 Å². The summed E-state index contributed by atoms with van der Waals surface area (Å²) in [5.74, 6) is -1.35. The average molecular weight is 499 g/mol. The lowest BCUT2D eigenvalue weighted by molar-refractivity contribution is -0.137.